The number of guanidine groups is 1. The minimum Gasteiger partial charge on any atom is -0.497 e. The molecule has 2 N–H and O–H groups in total. The Balaban J connectivity index is 1.47. The molecule has 2 fully saturated rings. The van der Waals surface area contributed by atoms with Crippen LogP contribution < -0.4 is 25.0 Å². The van der Waals surface area contributed by atoms with Crippen molar-refractivity contribution in [3.05, 3.63) is 18.2 Å². The van der Waals surface area contributed by atoms with Crippen LogP contribution in [0.4, 0.5) is 5.69 Å². The highest BCUT2D eigenvalue weighted by atomic mass is 16.5. The average molecular weight is 404 g/mol. The number of anilines is 1. The number of nitrogens with one attached hydrogen (secondary N) is 2. The molecular weight excluding hydrogens is 366 g/mol. The lowest BCUT2D eigenvalue weighted by Gasteiger charge is -2.25. The molecule has 1 aliphatic carbocycles. The van der Waals surface area contributed by atoms with Crippen molar-refractivity contribution in [2.24, 2.45) is 4.99 Å². The third kappa shape index (κ3) is 5.92. The minimum absolute atomic E-state index is 0.367. The molecule has 0 radical (unpaired) electrons. The smallest absolute Gasteiger partial charge is 0.191 e. The highest BCUT2D eigenvalue weighted by Gasteiger charge is 2.24. The first-order valence-electron chi connectivity index (χ1n) is 10.8. The lowest BCUT2D eigenvalue weighted by molar-refractivity contribution is 0.249. The predicted octanol–water partition coefficient (Wildman–Crippen LogP) is 2.32. The van der Waals surface area contributed by atoms with Crippen molar-refractivity contribution in [3.63, 3.8) is 0 Å². The van der Waals surface area contributed by atoms with E-state index in [2.05, 4.69) is 44.6 Å². The molecule has 0 spiro atoms. The van der Waals surface area contributed by atoms with Crippen LogP contribution >= 0.6 is 0 Å². The van der Waals surface area contributed by atoms with Gasteiger partial charge in [0.2, 0.25) is 0 Å². The maximum atomic E-state index is 5.41. The van der Waals surface area contributed by atoms with Crippen LogP contribution in [0, 0.1) is 0 Å². The summed E-state index contributed by atoms with van der Waals surface area (Å²) in [5.41, 5.74) is 1.13. The zero-order valence-electron chi connectivity index (χ0n) is 18.4. The van der Waals surface area contributed by atoms with Crippen molar-refractivity contribution in [1.82, 2.24) is 15.5 Å². The Bertz CT molecular complexity index is 653. The summed E-state index contributed by atoms with van der Waals surface area (Å²) in [6.07, 6.45) is 6.51. The van der Waals surface area contributed by atoms with Gasteiger partial charge in [-0.05, 0) is 26.3 Å². The molecule has 1 heterocycles. The first-order chi connectivity index (χ1) is 14.1. The summed E-state index contributed by atoms with van der Waals surface area (Å²) < 4.78 is 10.8. The van der Waals surface area contributed by atoms with Gasteiger partial charge in [0, 0.05) is 69.2 Å². The molecule has 29 heavy (non-hydrogen) atoms. The average Bonchev–Trinajstić information content (AvgIpc) is 3.44. The van der Waals surface area contributed by atoms with Gasteiger partial charge in [-0.15, -0.1) is 0 Å². The number of likely N-dealkylation sites (N-methyl/N-ethyl adjacent to an activating group) is 1. The van der Waals surface area contributed by atoms with Gasteiger partial charge in [0.1, 0.15) is 11.5 Å². The summed E-state index contributed by atoms with van der Waals surface area (Å²) in [6.45, 7) is 3.89. The van der Waals surface area contributed by atoms with Crippen LogP contribution in [0.5, 0.6) is 11.5 Å². The van der Waals surface area contributed by atoms with E-state index in [0.29, 0.717) is 6.04 Å². The van der Waals surface area contributed by atoms with Crippen LogP contribution in [0.25, 0.3) is 0 Å². The van der Waals surface area contributed by atoms with E-state index in [1.165, 1.54) is 25.7 Å². The molecule has 0 bridgehead atoms. The summed E-state index contributed by atoms with van der Waals surface area (Å²) >= 11 is 0. The van der Waals surface area contributed by atoms with E-state index in [-0.39, 0.29) is 0 Å². The Morgan fingerprint density at radius 3 is 2.45 bits per heavy atom. The van der Waals surface area contributed by atoms with Gasteiger partial charge >= 0.3 is 0 Å². The molecule has 7 heteroatoms. The summed E-state index contributed by atoms with van der Waals surface area (Å²) in [4.78, 5) is 9.27. The van der Waals surface area contributed by atoms with Crippen molar-refractivity contribution < 1.29 is 9.47 Å². The van der Waals surface area contributed by atoms with Crippen LogP contribution in [0.15, 0.2) is 23.2 Å². The lowest BCUT2D eigenvalue weighted by atomic mass is 10.2. The number of rotatable bonds is 8. The van der Waals surface area contributed by atoms with Crippen LogP contribution in [0.3, 0.4) is 0 Å². The molecule has 1 saturated heterocycles. The van der Waals surface area contributed by atoms with E-state index in [4.69, 9.17) is 9.47 Å². The molecule has 2 aliphatic rings. The minimum atomic E-state index is 0.367. The Morgan fingerprint density at radius 2 is 1.83 bits per heavy atom. The second kappa shape index (κ2) is 10.6. The second-order valence-electron chi connectivity index (χ2n) is 8.06. The quantitative estimate of drug-likeness (QED) is 0.513. The molecule has 7 nitrogen and oxygen atoms in total. The Morgan fingerprint density at radius 1 is 1.14 bits per heavy atom. The predicted molar refractivity (Wildman–Crippen MR) is 120 cm³/mol. The van der Waals surface area contributed by atoms with Gasteiger partial charge in [-0.2, -0.15) is 0 Å². The molecule has 1 saturated carbocycles. The molecule has 3 rings (SSSR count). The monoisotopic (exact) mass is 403 g/mol. The molecule has 1 unspecified atom stereocenters. The fourth-order valence-electron chi connectivity index (χ4n) is 4.35. The van der Waals surface area contributed by atoms with E-state index in [1.54, 1.807) is 14.2 Å². The van der Waals surface area contributed by atoms with Gasteiger partial charge in [0.25, 0.3) is 0 Å². The molecule has 0 aromatic heterocycles. The summed E-state index contributed by atoms with van der Waals surface area (Å²) in [5, 5.41) is 7.06. The van der Waals surface area contributed by atoms with Gasteiger partial charge in [0.15, 0.2) is 5.96 Å². The summed E-state index contributed by atoms with van der Waals surface area (Å²) in [6, 6.07) is 7.16. The fourth-order valence-corrected chi connectivity index (χ4v) is 4.35. The van der Waals surface area contributed by atoms with Crippen LogP contribution in [-0.2, 0) is 0 Å². The van der Waals surface area contributed by atoms with Crippen molar-refractivity contribution in [2.75, 3.05) is 59.4 Å². The normalized spacial score (nSPS) is 20.4. The van der Waals surface area contributed by atoms with Gasteiger partial charge in [-0.25, -0.2) is 0 Å². The number of ether oxygens (including phenoxy) is 2. The number of hydrogen-bond acceptors (Lipinski definition) is 5. The van der Waals surface area contributed by atoms with Crippen molar-refractivity contribution >= 4 is 11.6 Å². The van der Waals surface area contributed by atoms with E-state index < -0.39 is 0 Å². The standard InChI is InChI=1S/C22H37N5O2/c1-23-22(24-10-12-26(2)18-7-5-6-8-18)25-17-9-11-27(16-17)19-13-20(28-3)15-21(14-19)29-4/h13-15,17-18H,5-12,16H2,1-4H3,(H2,23,24,25). The third-order valence-electron chi connectivity index (χ3n) is 6.16. The van der Waals surface area contributed by atoms with E-state index >= 15 is 0 Å². The third-order valence-corrected chi connectivity index (χ3v) is 6.16. The largest absolute Gasteiger partial charge is 0.497 e. The zero-order valence-corrected chi connectivity index (χ0v) is 18.4. The number of aliphatic imine (C=N–C) groups is 1. The van der Waals surface area contributed by atoms with Crippen molar-refractivity contribution in [3.8, 4) is 11.5 Å². The van der Waals surface area contributed by atoms with Crippen LogP contribution in [0.1, 0.15) is 32.1 Å². The highest BCUT2D eigenvalue weighted by Crippen LogP contribution is 2.30. The Labute approximate surface area is 175 Å². The molecule has 1 aromatic carbocycles. The molecule has 1 aliphatic heterocycles. The molecule has 0 amide bonds. The number of hydrogen-bond donors (Lipinski definition) is 2. The highest BCUT2D eigenvalue weighted by molar-refractivity contribution is 5.80. The first-order valence-corrected chi connectivity index (χ1v) is 10.8. The Kier molecular flexibility index (Phi) is 7.86. The van der Waals surface area contributed by atoms with Crippen LogP contribution in [0.2, 0.25) is 0 Å². The lowest BCUT2D eigenvalue weighted by Crippen LogP contribution is -2.47. The van der Waals surface area contributed by atoms with Crippen molar-refractivity contribution in [1.29, 1.82) is 0 Å². The SMILES string of the molecule is CN=C(NCCN(C)C1CCCC1)NC1CCN(c2cc(OC)cc(OC)c2)C1. The van der Waals surface area contributed by atoms with E-state index in [0.717, 1.165) is 61.8 Å². The van der Waals surface area contributed by atoms with Crippen LogP contribution in [-0.4, -0.2) is 77.4 Å². The van der Waals surface area contributed by atoms with Gasteiger partial charge in [-0.1, -0.05) is 12.8 Å². The molecule has 1 atom stereocenters. The maximum Gasteiger partial charge on any atom is 0.191 e. The van der Waals surface area contributed by atoms with E-state index in [1.807, 2.05) is 13.1 Å². The maximum absolute atomic E-state index is 5.41. The summed E-state index contributed by atoms with van der Waals surface area (Å²) in [7, 11) is 7.46. The topological polar surface area (TPSA) is 61.4 Å². The Hall–Kier alpha value is -2.15. The second-order valence-corrected chi connectivity index (χ2v) is 8.06. The molecule has 162 valence electrons. The zero-order chi connectivity index (χ0) is 20.6. The summed E-state index contributed by atoms with van der Waals surface area (Å²) in [5.74, 6) is 2.53. The van der Waals surface area contributed by atoms with Gasteiger partial charge in [0.05, 0.1) is 14.2 Å². The van der Waals surface area contributed by atoms with Crippen molar-refractivity contribution in [2.45, 2.75) is 44.2 Å². The number of nitrogens with zero attached hydrogens (tertiary/aromatic N) is 3. The van der Waals surface area contributed by atoms with Gasteiger partial charge < -0.3 is 29.9 Å². The first kappa shape index (κ1) is 21.6. The molecule has 1 aromatic rings. The van der Waals surface area contributed by atoms with E-state index in [9.17, 15) is 0 Å². The fraction of sp³-hybridized carbons (Fsp3) is 0.682. The van der Waals surface area contributed by atoms with Gasteiger partial charge in [-0.3, -0.25) is 4.99 Å². The number of methoxy groups -OCH3 is 2. The number of benzene rings is 1. The molecular formula is C22H37N5O2.